The van der Waals surface area contributed by atoms with Gasteiger partial charge in [0.25, 0.3) is 5.91 Å². The maximum Gasteiger partial charge on any atom is 0.260 e. The van der Waals surface area contributed by atoms with Gasteiger partial charge >= 0.3 is 0 Å². The van der Waals surface area contributed by atoms with E-state index in [1.54, 1.807) is 4.90 Å². The summed E-state index contributed by atoms with van der Waals surface area (Å²) in [5.41, 5.74) is 1.80. The van der Waals surface area contributed by atoms with E-state index >= 15 is 0 Å². The third-order valence-corrected chi connectivity index (χ3v) is 4.97. The summed E-state index contributed by atoms with van der Waals surface area (Å²) in [6.45, 7) is 3.67. The number of ether oxygens (including phenoxy) is 1. The smallest absolute Gasteiger partial charge is 0.260 e. The van der Waals surface area contributed by atoms with E-state index in [1.165, 1.54) is 18.2 Å². The summed E-state index contributed by atoms with van der Waals surface area (Å²) in [6.07, 6.45) is 0.879. The maximum atomic E-state index is 13.2. The first-order chi connectivity index (χ1) is 13.5. The third-order valence-electron chi connectivity index (χ3n) is 4.68. The number of halogens is 2. The van der Waals surface area contributed by atoms with Crippen LogP contribution in [0, 0.1) is 17.1 Å². The zero-order chi connectivity index (χ0) is 19.9. The minimum atomic E-state index is -0.518. The van der Waals surface area contributed by atoms with Gasteiger partial charge in [0, 0.05) is 38.8 Å². The summed E-state index contributed by atoms with van der Waals surface area (Å²) in [7, 11) is 0. The van der Waals surface area contributed by atoms with Gasteiger partial charge in [-0.15, -0.1) is 0 Å². The first-order valence-corrected chi connectivity index (χ1v) is 9.50. The molecule has 0 bridgehead atoms. The van der Waals surface area contributed by atoms with Crippen LogP contribution in [0.3, 0.4) is 0 Å². The largest absolute Gasteiger partial charge is 0.484 e. The molecule has 28 heavy (non-hydrogen) atoms. The van der Waals surface area contributed by atoms with Crippen LogP contribution in [0.1, 0.15) is 17.5 Å². The predicted molar refractivity (Wildman–Crippen MR) is 105 cm³/mol. The van der Waals surface area contributed by atoms with E-state index in [0.717, 1.165) is 31.6 Å². The highest BCUT2D eigenvalue weighted by atomic mass is 35.5. The van der Waals surface area contributed by atoms with Gasteiger partial charge in [-0.05, 0) is 36.2 Å². The van der Waals surface area contributed by atoms with Gasteiger partial charge < -0.3 is 9.64 Å². The molecule has 1 aliphatic rings. The van der Waals surface area contributed by atoms with Gasteiger partial charge in [0.1, 0.15) is 11.6 Å². The van der Waals surface area contributed by atoms with E-state index in [4.69, 9.17) is 21.6 Å². The van der Waals surface area contributed by atoms with Crippen LogP contribution in [0.2, 0.25) is 5.02 Å². The maximum absolute atomic E-state index is 13.2. The van der Waals surface area contributed by atoms with Gasteiger partial charge in [-0.25, -0.2) is 4.39 Å². The van der Waals surface area contributed by atoms with Crippen molar-refractivity contribution in [3.8, 4) is 11.8 Å². The number of benzene rings is 2. The summed E-state index contributed by atoms with van der Waals surface area (Å²) in [4.78, 5) is 16.6. The lowest BCUT2D eigenvalue weighted by Crippen LogP contribution is -2.38. The number of amides is 1. The molecule has 0 aliphatic carbocycles. The number of rotatable bonds is 5. The Hall–Kier alpha value is -2.62. The Bertz CT molecular complexity index is 867. The first-order valence-electron chi connectivity index (χ1n) is 9.12. The minimum Gasteiger partial charge on any atom is -0.484 e. The standard InChI is InChI=1S/C21H21ClFN3O2/c22-19-12-18(6-7-20(19)23)28-15-21(27)26-9-1-8-25(10-11-26)14-17-4-2-16(13-24)3-5-17/h2-7,12H,1,8-11,14-15H2. The molecule has 1 aliphatic heterocycles. The molecular formula is C21H21ClFN3O2. The van der Waals surface area contributed by atoms with Gasteiger partial charge in [0.2, 0.25) is 0 Å². The summed E-state index contributed by atoms with van der Waals surface area (Å²) < 4.78 is 18.6. The molecule has 5 nitrogen and oxygen atoms in total. The summed E-state index contributed by atoms with van der Waals surface area (Å²) in [6, 6.07) is 13.7. The van der Waals surface area contributed by atoms with Crippen molar-refractivity contribution in [2.75, 3.05) is 32.8 Å². The number of carbonyl (C=O) groups is 1. The van der Waals surface area contributed by atoms with Crippen molar-refractivity contribution in [1.29, 1.82) is 5.26 Å². The molecule has 1 amide bonds. The van der Waals surface area contributed by atoms with Crippen LogP contribution >= 0.6 is 11.6 Å². The average molecular weight is 402 g/mol. The highest BCUT2D eigenvalue weighted by molar-refractivity contribution is 6.30. The van der Waals surface area contributed by atoms with Crippen LogP contribution in [0.4, 0.5) is 4.39 Å². The van der Waals surface area contributed by atoms with E-state index in [-0.39, 0.29) is 17.5 Å². The fourth-order valence-corrected chi connectivity index (χ4v) is 3.29. The van der Waals surface area contributed by atoms with E-state index in [2.05, 4.69) is 11.0 Å². The Morgan fingerprint density at radius 1 is 1.14 bits per heavy atom. The molecule has 2 aromatic rings. The van der Waals surface area contributed by atoms with E-state index < -0.39 is 5.82 Å². The van der Waals surface area contributed by atoms with E-state index in [1.807, 2.05) is 24.3 Å². The van der Waals surface area contributed by atoms with Crippen molar-refractivity contribution < 1.29 is 13.9 Å². The topological polar surface area (TPSA) is 56.6 Å². The zero-order valence-electron chi connectivity index (χ0n) is 15.4. The second-order valence-electron chi connectivity index (χ2n) is 6.68. The van der Waals surface area contributed by atoms with Gasteiger partial charge in [-0.3, -0.25) is 9.69 Å². The number of carbonyl (C=O) groups excluding carboxylic acids is 1. The second kappa shape index (κ2) is 9.54. The molecule has 0 saturated carbocycles. The minimum absolute atomic E-state index is 0.0295. The van der Waals surface area contributed by atoms with Crippen LogP contribution in [-0.4, -0.2) is 48.5 Å². The van der Waals surface area contributed by atoms with Gasteiger partial charge in [0.15, 0.2) is 6.61 Å². The molecule has 0 atom stereocenters. The van der Waals surface area contributed by atoms with Crippen molar-refractivity contribution in [2.45, 2.75) is 13.0 Å². The fraction of sp³-hybridized carbons (Fsp3) is 0.333. The van der Waals surface area contributed by atoms with Crippen LogP contribution in [0.25, 0.3) is 0 Å². The Morgan fingerprint density at radius 2 is 1.93 bits per heavy atom. The highest BCUT2D eigenvalue weighted by Gasteiger charge is 2.19. The van der Waals surface area contributed by atoms with Crippen molar-refractivity contribution in [1.82, 2.24) is 9.80 Å². The van der Waals surface area contributed by atoms with E-state index in [0.29, 0.717) is 24.4 Å². The molecule has 7 heteroatoms. The molecule has 2 aromatic carbocycles. The predicted octanol–water partition coefficient (Wildman–Crippen LogP) is 3.46. The first kappa shape index (κ1) is 20.1. The summed E-state index contributed by atoms with van der Waals surface area (Å²) >= 11 is 5.73. The number of hydrogen-bond acceptors (Lipinski definition) is 4. The van der Waals surface area contributed by atoms with Gasteiger partial charge in [-0.1, -0.05) is 23.7 Å². The second-order valence-corrected chi connectivity index (χ2v) is 7.09. The van der Waals surface area contributed by atoms with Gasteiger partial charge in [0.05, 0.1) is 16.7 Å². The lowest BCUT2D eigenvalue weighted by molar-refractivity contribution is -0.133. The molecule has 0 spiro atoms. The molecule has 0 unspecified atom stereocenters. The monoisotopic (exact) mass is 401 g/mol. The quantitative estimate of drug-likeness (QED) is 0.769. The molecule has 0 radical (unpaired) electrons. The number of nitrogens with zero attached hydrogens (tertiary/aromatic N) is 3. The number of nitriles is 1. The molecule has 1 heterocycles. The number of hydrogen-bond donors (Lipinski definition) is 0. The molecule has 1 fully saturated rings. The van der Waals surface area contributed by atoms with Crippen LogP contribution < -0.4 is 4.74 Å². The normalized spacial score (nSPS) is 15.0. The third kappa shape index (κ3) is 5.44. The lowest BCUT2D eigenvalue weighted by Gasteiger charge is -2.22. The Morgan fingerprint density at radius 3 is 2.64 bits per heavy atom. The van der Waals surface area contributed by atoms with Crippen molar-refractivity contribution in [3.63, 3.8) is 0 Å². The molecular weight excluding hydrogens is 381 g/mol. The SMILES string of the molecule is N#Cc1ccc(CN2CCCN(C(=O)COc3ccc(F)c(Cl)c3)CC2)cc1. The highest BCUT2D eigenvalue weighted by Crippen LogP contribution is 2.21. The molecule has 0 N–H and O–H groups in total. The zero-order valence-corrected chi connectivity index (χ0v) is 16.2. The Balaban J connectivity index is 1.48. The summed E-state index contributed by atoms with van der Waals surface area (Å²) in [5.74, 6) is -0.243. The van der Waals surface area contributed by atoms with E-state index in [9.17, 15) is 9.18 Å². The Labute approximate surface area is 168 Å². The van der Waals surface area contributed by atoms with Crippen LogP contribution in [0.5, 0.6) is 5.75 Å². The molecule has 1 saturated heterocycles. The van der Waals surface area contributed by atoms with Crippen molar-refractivity contribution in [3.05, 3.63) is 64.4 Å². The van der Waals surface area contributed by atoms with Crippen molar-refractivity contribution in [2.24, 2.45) is 0 Å². The lowest BCUT2D eigenvalue weighted by atomic mass is 10.1. The van der Waals surface area contributed by atoms with Gasteiger partial charge in [-0.2, -0.15) is 5.26 Å². The van der Waals surface area contributed by atoms with Crippen molar-refractivity contribution >= 4 is 17.5 Å². The van der Waals surface area contributed by atoms with Crippen LogP contribution in [-0.2, 0) is 11.3 Å². The average Bonchev–Trinajstić information content (AvgIpc) is 2.95. The molecule has 146 valence electrons. The fourth-order valence-electron chi connectivity index (χ4n) is 3.12. The molecule has 0 aromatic heterocycles. The molecule has 3 rings (SSSR count). The van der Waals surface area contributed by atoms with Crippen LogP contribution in [0.15, 0.2) is 42.5 Å². The summed E-state index contributed by atoms with van der Waals surface area (Å²) in [5, 5.41) is 8.85. The Kier molecular flexibility index (Phi) is 6.85.